The first-order valence-electron chi connectivity index (χ1n) is 11.6. The summed E-state index contributed by atoms with van der Waals surface area (Å²) >= 11 is 0. The van der Waals surface area contributed by atoms with Gasteiger partial charge in [0, 0.05) is 12.3 Å². The summed E-state index contributed by atoms with van der Waals surface area (Å²) in [6.07, 6.45) is -1.81. The number of ether oxygens (including phenoxy) is 3. The minimum Gasteiger partial charge on any atom is -0.459 e. The van der Waals surface area contributed by atoms with E-state index in [0.717, 1.165) is 22.3 Å². The van der Waals surface area contributed by atoms with Crippen molar-refractivity contribution >= 4 is 11.9 Å². The average Bonchev–Trinajstić information content (AvgIpc) is 3.04. The highest BCUT2D eigenvalue weighted by molar-refractivity contribution is 5.82. The number of benzene rings is 1. The quantitative estimate of drug-likeness (QED) is 0.689. The summed E-state index contributed by atoms with van der Waals surface area (Å²) in [4.78, 5) is 25.9. The maximum absolute atomic E-state index is 13.2. The molecule has 4 aliphatic rings. The highest BCUT2D eigenvalue weighted by atomic mass is 16.7. The predicted octanol–water partition coefficient (Wildman–Crippen LogP) is 2.16. The van der Waals surface area contributed by atoms with Crippen molar-refractivity contribution in [1.29, 1.82) is 0 Å². The number of carbonyl (C=O) groups excluding carboxylic acids is 2. The monoisotopic (exact) mass is 444 g/mol. The minimum atomic E-state index is -1.79. The Kier molecular flexibility index (Phi) is 4.79. The summed E-state index contributed by atoms with van der Waals surface area (Å²) in [5.41, 5.74) is 3.26. The largest absolute Gasteiger partial charge is 0.459 e. The van der Waals surface area contributed by atoms with E-state index in [9.17, 15) is 19.8 Å². The summed E-state index contributed by atoms with van der Waals surface area (Å²) in [5.74, 6) is -4.83. The van der Waals surface area contributed by atoms with Gasteiger partial charge in [-0.3, -0.25) is 4.79 Å². The van der Waals surface area contributed by atoms with E-state index in [2.05, 4.69) is 0 Å². The van der Waals surface area contributed by atoms with Gasteiger partial charge in [0.05, 0.1) is 23.9 Å². The third-order valence-corrected chi connectivity index (χ3v) is 8.78. The van der Waals surface area contributed by atoms with Gasteiger partial charge in [-0.1, -0.05) is 32.9 Å². The van der Waals surface area contributed by atoms with Gasteiger partial charge in [-0.05, 0) is 48.4 Å². The van der Waals surface area contributed by atoms with Crippen molar-refractivity contribution in [2.75, 3.05) is 6.61 Å². The van der Waals surface area contributed by atoms with Crippen molar-refractivity contribution in [2.24, 2.45) is 23.2 Å². The molecule has 32 heavy (non-hydrogen) atoms. The van der Waals surface area contributed by atoms with Crippen LogP contribution in [0.15, 0.2) is 12.1 Å². The van der Waals surface area contributed by atoms with Gasteiger partial charge in [-0.15, -0.1) is 0 Å². The van der Waals surface area contributed by atoms with Crippen LogP contribution in [0.5, 0.6) is 0 Å². The number of rotatable bonds is 3. The normalized spacial score (nSPS) is 42.5. The molecule has 5 rings (SSSR count). The van der Waals surface area contributed by atoms with Crippen molar-refractivity contribution in [3.63, 3.8) is 0 Å². The van der Waals surface area contributed by atoms with Crippen LogP contribution in [-0.2, 0) is 30.2 Å². The number of hydrogen-bond acceptors (Lipinski definition) is 7. The van der Waals surface area contributed by atoms with E-state index in [4.69, 9.17) is 14.2 Å². The highest BCUT2D eigenvalue weighted by Crippen LogP contribution is 2.69. The SMILES string of the molecule is CC[C@@H](C)C(=O)O[C@H]1C(=O)O[C@@H]2Cc3c(C)ccc(C)c3[C@H]3[C@@]4(O)OC[C@@]23[C@@H]1[C@@H](C)[C@H]4O. The molecule has 2 saturated heterocycles. The lowest BCUT2D eigenvalue weighted by Gasteiger charge is -2.60. The second-order valence-corrected chi connectivity index (χ2v) is 10.3. The molecule has 2 aliphatic heterocycles. The number of carbonyl (C=O) groups is 2. The zero-order valence-corrected chi connectivity index (χ0v) is 19.3. The Bertz CT molecular complexity index is 989. The van der Waals surface area contributed by atoms with E-state index in [1.54, 1.807) is 13.8 Å². The molecule has 174 valence electrons. The molecule has 2 N–H and O–H groups in total. The smallest absolute Gasteiger partial charge is 0.348 e. The predicted molar refractivity (Wildman–Crippen MR) is 114 cm³/mol. The summed E-state index contributed by atoms with van der Waals surface area (Å²) in [5, 5.41) is 23.0. The molecule has 3 fully saturated rings. The van der Waals surface area contributed by atoms with Crippen molar-refractivity contribution in [2.45, 2.75) is 77.5 Å². The van der Waals surface area contributed by atoms with Crippen molar-refractivity contribution in [3.8, 4) is 0 Å². The lowest BCUT2D eigenvalue weighted by Crippen LogP contribution is -2.71. The van der Waals surface area contributed by atoms with Crippen LogP contribution in [0.3, 0.4) is 0 Å². The Morgan fingerprint density at radius 3 is 2.69 bits per heavy atom. The molecular formula is C25H32O7. The fourth-order valence-corrected chi connectivity index (χ4v) is 6.90. The van der Waals surface area contributed by atoms with E-state index < -0.39 is 59.2 Å². The molecule has 0 unspecified atom stereocenters. The zero-order valence-electron chi connectivity index (χ0n) is 19.3. The van der Waals surface area contributed by atoms with Crippen LogP contribution in [0.2, 0.25) is 0 Å². The van der Waals surface area contributed by atoms with Gasteiger partial charge in [-0.25, -0.2) is 4.79 Å². The molecule has 2 heterocycles. The Labute approximate surface area is 188 Å². The number of fused-ring (bicyclic) bond motifs is 1. The van der Waals surface area contributed by atoms with Gasteiger partial charge in [0.2, 0.25) is 6.10 Å². The molecular weight excluding hydrogens is 412 g/mol. The van der Waals surface area contributed by atoms with Crippen LogP contribution in [0.4, 0.5) is 0 Å². The summed E-state index contributed by atoms with van der Waals surface area (Å²) in [6, 6.07) is 4.04. The molecule has 2 bridgehead atoms. The van der Waals surface area contributed by atoms with E-state index in [1.165, 1.54) is 0 Å². The Balaban J connectivity index is 1.70. The van der Waals surface area contributed by atoms with Crippen LogP contribution in [0.25, 0.3) is 0 Å². The first kappa shape index (κ1) is 21.9. The molecule has 1 aromatic carbocycles. The minimum absolute atomic E-state index is 0.127. The molecule has 0 amide bonds. The van der Waals surface area contributed by atoms with Crippen molar-refractivity contribution < 1.29 is 34.0 Å². The van der Waals surface area contributed by atoms with Crippen molar-refractivity contribution in [3.05, 3.63) is 34.4 Å². The second-order valence-electron chi connectivity index (χ2n) is 10.3. The van der Waals surface area contributed by atoms with Crippen LogP contribution < -0.4 is 0 Å². The molecule has 1 aromatic rings. The third kappa shape index (κ3) is 2.53. The molecule has 0 aromatic heterocycles. The first-order chi connectivity index (χ1) is 15.1. The fraction of sp³-hybridized carbons (Fsp3) is 0.680. The van der Waals surface area contributed by atoms with Gasteiger partial charge in [0.1, 0.15) is 12.2 Å². The fourth-order valence-electron chi connectivity index (χ4n) is 6.90. The van der Waals surface area contributed by atoms with Crippen LogP contribution in [-0.4, -0.2) is 52.9 Å². The molecule has 0 radical (unpaired) electrons. The summed E-state index contributed by atoms with van der Waals surface area (Å²) in [6.45, 7) is 9.57. The number of aliphatic hydroxyl groups excluding tert-OH is 1. The lowest BCUT2D eigenvalue weighted by molar-refractivity contribution is -0.282. The Morgan fingerprint density at radius 2 is 2.00 bits per heavy atom. The summed E-state index contributed by atoms with van der Waals surface area (Å²) < 4.78 is 17.7. The molecule has 7 nitrogen and oxygen atoms in total. The molecule has 9 atom stereocenters. The molecule has 2 aliphatic carbocycles. The molecule has 7 heteroatoms. The van der Waals surface area contributed by atoms with Gasteiger partial charge < -0.3 is 24.4 Å². The maximum Gasteiger partial charge on any atom is 0.348 e. The maximum atomic E-state index is 13.2. The lowest BCUT2D eigenvalue weighted by atomic mass is 9.46. The van der Waals surface area contributed by atoms with E-state index >= 15 is 0 Å². The van der Waals surface area contributed by atoms with Crippen LogP contribution in [0, 0.1) is 37.0 Å². The first-order valence-corrected chi connectivity index (χ1v) is 11.6. The number of esters is 2. The van der Waals surface area contributed by atoms with Gasteiger partial charge >= 0.3 is 11.9 Å². The Morgan fingerprint density at radius 1 is 1.31 bits per heavy atom. The second kappa shape index (κ2) is 7.02. The van der Waals surface area contributed by atoms with Crippen molar-refractivity contribution in [1.82, 2.24) is 0 Å². The standard InChI is InChI=1S/C25H32O7/c1-6-11(2)22(27)32-19-18-14(5)21(26)25(29)20-17-13(4)8-7-12(3)15(17)9-16(31-23(19)28)24(18,20)10-30-25/h7-8,11,14,16,18-21,26,29H,6,9-10H2,1-5H3/t11-,14-,16-,18-,19-,20-,21-,24+,25-/m1/s1. The summed E-state index contributed by atoms with van der Waals surface area (Å²) in [7, 11) is 0. The number of aryl methyl sites for hydroxylation is 2. The highest BCUT2D eigenvalue weighted by Gasteiger charge is 2.78. The van der Waals surface area contributed by atoms with Crippen LogP contribution in [0.1, 0.15) is 55.4 Å². The van der Waals surface area contributed by atoms with Gasteiger partial charge in [-0.2, -0.15) is 0 Å². The van der Waals surface area contributed by atoms with E-state index in [0.29, 0.717) is 12.8 Å². The molecule has 1 spiro atoms. The van der Waals surface area contributed by atoms with Gasteiger partial charge in [0.15, 0.2) is 5.79 Å². The zero-order chi connectivity index (χ0) is 23.2. The number of aliphatic hydroxyl groups is 2. The average molecular weight is 445 g/mol. The van der Waals surface area contributed by atoms with E-state index in [1.807, 2.05) is 32.9 Å². The van der Waals surface area contributed by atoms with E-state index in [-0.39, 0.29) is 12.5 Å². The number of hydrogen-bond donors (Lipinski definition) is 2. The van der Waals surface area contributed by atoms with Gasteiger partial charge in [0.25, 0.3) is 0 Å². The third-order valence-electron chi connectivity index (χ3n) is 8.78. The molecule has 1 saturated carbocycles. The topological polar surface area (TPSA) is 102 Å². The Hall–Kier alpha value is -1.96. The van der Waals surface area contributed by atoms with Crippen LogP contribution >= 0.6 is 0 Å².